The van der Waals surface area contributed by atoms with Crippen LogP contribution < -0.4 is 0 Å². The van der Waals surface area contributed by atoms with E-state index in [0.717, 1.165) is 0 Å². The second-order valence-corrected chi connectivity index (χ2v) is 3.73. The second-order valence-electron chi connectivity index (χ2n) is 3.73. The fourth-order valence-electron chi connectivity index (χ4n) is 1.78. The van der Waals surface area contributed by atoms with E-state index in [2.05, 4.69) is 5.18 Å². The monoisotopic (exact) mass is 187 g/mol. The highest BCUT2D eigenvalue weighted by atomic mass is 16.5. The van der Waals surface area contributed by atoms with Gasteiger partial charge in [-0.3, -0.25) is 0 Å². The molecule has 5 unspecified atom stereocenters. The van der Waals surface area contributed by atoms with Crippen LogP contribution in [-0.2, 0) is 4.74 Å². The van der Waals surface area contributed by atoms with Crippen molar-refractivity contribution in [2.24, 2.45) is 11.1 Å². The summed E-state index contributed by atoms with van der Waals surface area (Å²) in [6.07, 6.45) is -0.275. The quantitative estimate of drug-likeness (QED) is 0.663. The van der Waals surface area contributed by atoms with Crippen molar-refractivity contribution in [2.75, 3.05) is 0 Å². The lowest BCUT2D eigenvalue weighted by atomic mass is 9.86. The van der Waals surface area contributed by atoms with Crippen molar-refractivity contribution in [3.8, 4) is 0 Å². The topological polar surface area (TPSA) is 58.9 Å². The zero-order valence-corrected chi connectivity index (χ0v) is 8.30. The van der Waals surface area contributed by atoms with Gasteiger partial charge in [-0.1, -0.05) is 19.0 Å². The number of aliphatic hydroxyl groups is 1. The van der Waals surface area contributed by atoms with Crippen LogP contribution in [-0.4, -0.2) is 29.5 Å². The van der Waals surface area contributed by atoms with Gasteiger partial charge < -0.3 is 9.84 Å². The average Bonchev–Trinajstić information content (AvgIpc) is 2.12. The minimum Gasteiger partial charge on any atom is -0.388 e. The molecule has 76 valence electrons. The molecule has 13 heavy (non-hydrogen) atoms. The molecule has 0 aromatic heterocycles. The molecule has 0 radical (unpaired) electrons. The Hall–Kier alpha value is -0.480. The fraction of sp³-hybridized carbons (Fsp3) is 1.00. The molecule has 1 aliphatic rings. The summed E-state index contributed by atoms with van der Waals surface area (Å²) in [5.74, 6) is -0.00435. The number of nitroso groups, excluding NO2 is 1. The van der Waals surface area contributed by atoms with Gasteiger partial charge >= 0.3 is 0 Å². The third kappa shape index (κ3) is 1.89. The van der Waals surface area contributed by atoms with Crippen LogP contribution in [0.4, 0.5) is 0 Å². The Morgan fingerprint density at radius 3 is 2.54 bits per heavy atom. The smallest absolute Gasteiger partial charge is 0.125 e. The molecule has 4 heteroatoms. The Bertz CT molecular complexity index is 186. The fourth-order valence-corrected chi connectivity index (χ4v) is 1.78. The van der Waals surface area contributed by atoms with E-state index in [9.17, 15) is 10.0 Å². The first-order valence-corrected chi connectivity index (χ1v) is 4.77. The lowest BCUT2D eigenvalue weighted by Crippen LogP contribution is -2.51. The maximum absolute atomic E-state index is 10.5. The van der Waals surface area contributed by atoms with Crippen LogP contribution in [0.2, 0.25) is 0 Å². The summed E-state index contributed by atoms with van der Waals surface area (Å²) in [5, 5.41) is 12.7. The Morgan fingerprint density at radius 1 is 1.46 bits per heavy atom. The Morgan fingerprint density at radius 2 is 2.08 bits per heavy atom. The van der Waals surface area contributed by atoms with Gasteiger partial charge in [0.1, 0.15) is 12.1 Å². The summed E-state index contributed by atoms with van der Waals surface area (Å²) in [5.41, 5.74) is 0. The van der Waals surface area contributed by atoms with E-state index in [1.807, 2.05) is 20.8 Å². The molecule has 1 N–H and O–H groups in total. The van der Waals surface area contributed by atoms with Gasteiger partial charge in [0.05, 0.1) is 12.2 Å². The van der Waals surface area contributed by atoms with Crippen molar-refractivity contribution in [1.82, 2.24) is 0 Å². The summed E-state index contributed by atoms with van der Waals surface area (Å²) < 4.78 is 5.54. The Labute approximate surface area is 78.3 Å². The summed E-state index contributed by atoms with van der Waals surface area (Å²) in [7, 11) is 0. The third-order valence-electron chi connectivity index (χ3n) is 2.92. The zero-order valence-electron chi connectivity index (χ0n) is 8.30. The molecule has 1 saturated heterocycles. The van der Waals surface area contributed by atoms with Crippen molar-refractivity contribution in [3.05, 3.63) is 4.91 Å². The van der Waals surface area contributed by atoms with E-state index in [1.165, 1.54) is 0 Å². The number of rotatable bonds is 2. The summed E-state index contributed by atoms with van der Waals surface area (Å²) >= 11 is 0. The molecule has 4 nitrogen and oxygen atoms in total. The van der Waals surface area contributed by atoms with E-state index in [1.54, 1.807) is 0 Å². The van der Waals surface area contributed by atoms with Crippen LogP contribution in [0.15, 0.2) is 5.18 Å². The van der Waals surface area contributed by atoms with Crippen LogP contribution in [0.1, 0.15) is 27.2 Å². The molecule has 1 heterocycles. The van der Waals surface area contributed by atoms with E-state index in [4.69, 9.17) is 4.74 Å². The molecule has 0 saturated carbocycles. The minimum atomic E-state index is -0.742. The highest BCUT2D eigenvalue weighted by Gasteiger charge is 2.41. The summed E-state index contributed by atoms with van der Waals surface area (Å²) in [6, 6.07) is -0.520. The Kier molecular flexibility index (Phi) is 3.39. The normalized spacial score (nSPS) is 46.0. The molecule has 1 fully saturated rings. The molecule has 0 amide bonds. The lowest BCUT2D eigenvalue weighted by Gasteiger charge is -2.39. The second kappa shape index (κ2) is 4.15. The number of aliphatic hydroxyl groups excluding tert-OH is 1. The maximum Gasteiger partial charge on any atom is 0.125 e. The van der Waals surface area contributed by atoms with E-state index in [-0.39, 0.29) is 18.1 Å². The van der Waals surface area contributed by atoms with Crippen LogP contribution in [0, 0.1) is 10.8 Å². The predicted octanol–water partition coefficient (Wildman–Crippen LogP) is 1.32. The van der Waals surface area contributed by atoms with Crippen LogP contribution in [0.3, 0.4) is 0 Å². The van der Waals surface area contributed by atoms with Crippen molar-refractivity contribution < 1.29 is 9.84 Å². The van der Waals surface area contributed by atoms with Gasteiger partial charge in [-0.05, 0) is 13.3 Å². The molecule has 0 aromatic carbocycles. The van der Waals surface area contributed by atoms with Crippen molar-refractivity contribution in [3.63, 3.8) is 0 Å². The third-order valence-corrected chi connectivity index (χ3v) is 2.92. The van der Waals surface area contributed by atoms with Crippen LogP contribution >= 0.6 is 0 Å². The van der Waals surface area contributed by atoms with Gasteiger partial charge in [0.25, 0.3) is 0 Å². The first-order chi connectivity index (χ1) is 6.11. The molecule has 0 aliphatic carbocycles. The molecule has 1 aliphatic heterocycles. The van der Waals surface area contributed by atoms with Crippen molar-refractivity contribution in [2.45, 2.75) is 51.5 Å². The minimum absolute atomic E-state index is 0.00366. The van der Waals surface area contributed by atoms with E-state index in [0.29, 0.717) is 6.42 Å². The van der Waals surface area contributed by atoms with Crippen molar-refractivity contribution >= 4 is 0 Å². The Balaban J connectivity index is 2.74. The molecule has 0 bridgehead atoms. The molecular formula is C9H17NO3. The van der Waals surface area contributed by atoms with Crippen LogP contribution in [0.5, 0.6) is 0 Å². The number of hydrogen-bond acceptors (Lipinski definition) is 4. The van der Waals surface area contributed by atoms with Gasteiger partial charge in [0.15, 0.2) is 0 Å². The average molecular weight is 187 g/mol. The van der Waals surface area contributed by atoms with E-state index < -0.39 is 12.1 Å². The zero-order chi connectivity index (χ0) is 10.0. The molecule has 0 aromatic rings. The van der Waals surface area contributed by atoms with Crippen LogP contribution in [0.25, 0.3) is 0 Å². The molecule has 0 spiro atoms. The summed E-state index contributed by atoms with van der Waals surface area (Å²) in [6.45, 7) is 5.72. The van der Waals surface area contributed by atoms with Gasteiger partial charge in [-0.25, -0.2) is 0 Å². The standard InChI is InChI=1S/C9H17NO3/c1-4-7-9(11)8(10-12)5(2)6(3)13-7/h5-9,11H,4H2,1-3H3. The van der Waals surface area contributed by atoms with Gasteiger partial charge in [-0.15, -0.1) is 0 Å². The van der Waals surface area contributed by atoms with Gasteiger partial charge in [0.2, 0.25) is 0 Å². The van der Waals surface area contributed by atoms with Gasteiger partial charge in [-0.2, -0.15) is 4.91 Å². The number of ether oxygens (including phenoxy) is 1. The summed E-state index contributed by atoms with van der Waals surface area (Å²) in [4.78, 5) is 10.5. The lowest BCUT2D eigenvalue weighted by molar-refractivity contribution is -0.144. The molecular weight excluding hydrogens is 170 g/mol. The molecule has 5 atom stereocenters. The van der Waals surface area contributed by atoms with Gasteiger partial charge in [0, 0.05) is 5.92 Å². The SMILES string of the molecule is CCC1OC(C)C(C)C(N=O)C1O. The first-order valence-electron chi connectivity index (χ1n) is 4.77. The number of hydrogen-bond donors (Lipinski definition) is 1. The highest BCUT2D eigenvalue weighted by Crippen LogP contribution is 2.28. The van der Waals surface area contributed by atoms with Crippen molar-refractivity contribution in [1.29, 1.82) is 0 Å². The number of nitrogens with zero attached hydrogens (tertiary/aromatic N) is 1. The molecule has 1 rings (SSSR count). The first kappa shape index (κ1) is 10.6. The highest BCUT2D eigenvalue weighted by molar-refractivity contribution is 4.92. The maximum atomic E-state index is 10.5. The van der Waals surface area contributed by atoms with E-state index >= 15 is 0 Å². The largest absolute Gasteiger partial charge is 0.388 e. The predicted molar refractivity (Wildman–Crippen MR) is 49.4 cm³/mol.